The van der Waals surface area contributed by atoms with Gasteiger partial charge >= 0.3 is 0 Å². The summed E-state index contributed by atoms with van der Waals surface area (Å²) in [4.78, 5) is 6.81. The molecular weight excluding hydrogens is 244 g/mol. The van der Waals surface area contributed by atoms with Crippen LogP contribution >= 0.6 is 11.8 Å². The second kappa shape index (κ2) is 5.49. The molecule has 1 saturated heterocycles. The van der Waals surface area contributed by atoms with Gasteiger partial charge < -0.3 is 10.0 Å². The second-order valence-corrected chi connectivity index (χ2v) is 7.27. The van der Waals surface area contributed by atoms with Crippen molar-refractivity contribution in [1.82, 2.24) is 4.98 Å². The van der Waals surface area contributed by atoms with Crippen LogP contribution in [0.4, 0.5) is 5.82 Å². The number of nitrogens with zero attached hydrogens (tertiary/aromatic N) is 2. The lowest BCUT2D eigenvalue weighted by atomic mass is 10.1. The highest BCUT2D eigenvalue weighted by molar-refractivity contribution is 8.00. The third-order valence-electron chi connectivity index (χ3n) is 3.41. The molecule has 0 spiro atoms. The molecule has 1 aromatic rings. The summed E-state index contributed by atoms with van der Waals surface area (Å²) in [6.45, 7) is 8.49. The Morgan fingerprint density at radius 1 is 1.39 bits per heavy atom. The van der Waals surface area contributed by atoms with Gasteiger partial charge in [0, 0.05) is 29.8 Å². The largest absolute Gasteiger partial charge is 0.389 e. The van der Waals surface area contributed by atoms with Gasteiger partial charge in [-0.1, -0.05) is 19.9 Å². The van der Waals surface area contributed by atoms with E-state index in [1.54, 1.807) is 13.1 Å². The molecule has 3 nitrogen and oxygen atoms in total. The maximum atomic E-state index is 9.48. The highest BCUT2D eigenvalue weighted by atomic mass is 32.2. The van der Waals surface area contributed by atoms with Crippen molar-refractivity contribution in [3.8, 4) is 0 Å². The summed E-state index contributed by atoms with van der Waals surface area (Å²) in [7, 11) is 0. The number of hydrogen-bond donors (Lipinski definition) is 1. The Hall–Kier alpha value is -0.740. The quantitative estimate of drug-likeness (QED) is 0.893. The predicted octanol–water partition coefficient (Wildman–Crippen LogP) is 2.86. The standard InChI is InChI=1S/C14H22N2OS/c1-11(17)12-4-5-13(15-10-12)16-7-6-14(2,3)18-9-8-16/h4-5,10-11,17H,6-9H2,1-3H3/t11-/m0/s1. The van der Waals surface area contributed by atoms with E-state index in [4.69, 9.17) is 0 Å². The van der Waals surface area contributed by atoms with Crippen LogP contribution in [-0.2, 0) is 0 Å². The van der Waals surface area contributed by atoms with Crippen LogP contribution in [0, 0.1) is 0 Å². The zero-order chi connectivity index (χ0) is 13.2. The van der Waals surface area contributed by atoms with E-state index in [-0.39, 0.29) is 0 Å². The summed E-state index contributed by atoms with van der Waals surface area (Å²) in [5, 5.41) is 9.48. The van der Waals surface area contributed by atoms with Crippen molar-refractivity contribution in [3.05, 3.63) is 23.9 Å². The molecule has 2 heterocycles. The summed E-state index contributed by atoms with van der Waals surface area (Å²) >= 11 is 2.04. The fourth-order valence-corrected chi connectivity index (χ4v) is 3.18. The molecule has 0 aliphatic carbocycles. The normalized spacial score (nSPS) is 21.4. The molecule has 1 N–H and O–H groups in total. The van der Waals surface area contributed by atoms with E-state index in [1.807, 2.05) is 23.9 Å². The van der Waals surface area contributed by atoms with Gasteiger partial charge in [0.05, 0.1) is 6.10 Å². The van der Waals surface area contributed by atoms with Gasteiger partial charge in [0.2, 0.25) is 0 Å². The van der Waals surface area contributed by atoms with Gasteiger partial charge in [-0.3, -0.25) is 0 Å². The number of thioether (sulfide) groups is 1. The summed E-state index contributed by atoms with van der Waals surface area (Å²) in [5.74, 6) is 2.17. The number of anilines is 1. The monoisotopic (exact) mass is 266 g/mol. The zero-order valence-corrected chi connectivity index (χ0v) is 12.2. The van der Waals surface area contributed by atoms with Gasteiger partial charge in [0.1, 0.15) is 5.82 Å². The fourth-order valence-electron chi connectivity index (χ4n) is 2.08. The molecule has 0 amide bonds. The minimum absolute atomic E-state index is 0.369. The van der Waals surface area contributed by atoms with Crippen molar-refractivity contribution < 1.29 is 5.11 Å². The van der Waals surface area contributed by atoms with Gasteiger partial charge in [-0.2, -0.15) is 11.8 Å². The molecule has 0 bridgehead atoms. The van der Waals surface area contributed by atoms with Gasteiger partial charge in [-0.05, 0) is 25.0 Å². The molecule has 1 aromatic heterocycles. The minimum Gasteiger partial charge on any atom is -0.389 e. The van der Waals surface area contributed by atoms with Crippen LogP contribution < -0.4 is 4.90 Å². The molecule has 0 radical (unpaired) electrons. The Morgan fingerprint density at radius 2 is 2.17 bits per heavy atom. The SMILES string of the molecule is C[C@H](O)c1ccc(N2CCSC(C)(C)CC2)nc1. The van der Waals surface area contributed by atoms with E-state index >= 15 is 0 Å². The third-order valence-corrected chi connectivity index (χ3v) is 4.79. The second-order valence-electron chi connectivity index (χ2n) is 5.47. The van der Waals surface area contributed by atoms with Gasteiger partial charge in [0.25, 0.3) is 0 Å². The van der Waals surface area contributed by atoms with E-state index in [1.165, 1.54) is 6.42 Å². The van der Waals surface area contributed by atoms with Crippen LogP contribution in [0.3, 0.4) is 0 Å². The van der Waals surface area contributed by atoms with Crippen LogP contribution in [0.2, 0.25) is 0 Å². The lowest BCUT2D eigenvalue weighted by Crippen LogP contribution is -2.27. The average Bonchev–Trinajstić information content (AvgIpc) is 2.50. The van der Waals surface area contributed by atoms with E-state index < -0.39 is 6.10 Å². The number of pyridine rings is 1. The first-order valence-corrected chi connectivity index (χ1v) is 7.49. The van der Waals surface area contributed by atoms with Crippen molar-refractivity contribution in [2.45, 2.75) is 38.0 Å². The summed E-state index contributed by atoms with van der Waals surface area (Å²) in [6, 6.07) is 3.99. The summed E-state index contributed by atoms with van der Waals surface area (Å²) in [6.07, 6.45) is 2.52. The average molecular weight is 266 g/mol. The Kier molecular flexibility index (Phi) is 4.17. The molecule has 0 saturated carbocycles. The molecule has 4 heteroatoms. The van der Waals surface area contributed by atoms with E-state index in [0.717, 1.165) is 30.2 Å². The topological polar surface area (TPSA) is 36.4 Å². The molecule has 1 aliphatic heterocycles. The van der Waals surface area contributed by atoms with E-state index in [2.05, 4.69) is 23.7 Å². The number of rotatable bonds is 2. The molecule has 1 atom stereocenters. The van der Waals surface area contributed by atoms with Crippen LogP contribution in [0.1, 0.15) is 38.9 Å². The maximum absolute atomic E-state index is 9.48. The molecular formula is C14H22N2OS. The van der Waals surface area contributed by atoms with Gasteiger partial charge in [-0.15, -0.1) is 0 Å². The highest BCUT2D eigenvalue weighted by Crippen LogP contribution is 2.31. The van der Waals surface area contributed by atoms with Crippen molar-refractivity contribution in [2.24, 2.45) is 0 Å². The van der Waals surface area contributed by atoms with Crippen molar-refractivity contribution >= 4 is 17.6 Å². The van der Waals surface area contributed by atoms with Crippen molar-refractivity contribution in [2.75, 3.05) is 23.7 Å². The number of aromatic nitrogens is 1. The van der Waals surface area contributed by atoms with Gasteiger partial charge in [-0.25, -0.2) is 4.98 Å². The molecule has 1 fully saturated rings. The zero-order valence-electron chi connectivity index (χ0n) is 11.4. The first-order chi connectivity index (χ1) is 8.48. The summed E-state index contributed by atoms with van der Waals surface area (Å²) < 4.78 is 0.369. The molecule has 0 unspecified atom stereocenters. The Balaban J connectivity index is 2.07. The first-order valence-electron chi connectivity index (χ1n) is 6.51. The van der Waals surface area contributed by atoms with Crippen molar-refractivity contribution in [1.29, 1.82) is 0 Å². The third kappa shape index (κ3) is 3.39. The lowest BCUT2D eigenvalue weighted by Gasteiger charge is -2.23. The number of hydrogen-bond acceptors (Lipinski definition) is 4. The van der Waals surface area contributed by atoms with Crippen LogP contribution in [0.15, 0.2) is 18.3 Å². The lowest BCUT2D eigenvalue weighted by molar-refractivity contribution is 0.199. The van der Waals surface area contributed by atoms with Crippen LogP contribution in [0.5, 0.6) is 0 Å². The Morgan fingerprint density at radius 3 is 2.78 bits per heavy atom. The van der Waals surface area contributed by atoms with Crippen molar-refractivity contribution in [3.63, 3.8) is 0 Å². The Labute approximate surface area is 114 Å². The first kappa shape index (κ1) is 13.7. The maximum Gasteiger partial charge on any atom is 0.128 e. The number of aliphatic hydroxyl groups is 1. The molecule has 100 valence electrons. The molecule has 1 aliphatic rings. The highest BCUT2D eigenvalue weighted by Gasteiger charge is 2.24. The number of aliphatic hydroxyl groups excluding tert-OH is 1. The minimum atomic E-state index is -0.440. The smallest absolute Gasteiger partial charge is 0.128 e. The Bertz CT molecular complexity index is 389. The molecule has 0 aromatic carbocycles. The van der Waals surface area contributed by atoms with Crippen LogP contribution in [0.25, 0.3) is 0 Å². The van der Waals surface area contributed by atoms with E-state index in [9.17, 15) is 5.11 Å². The van der Waals surface area contributed by atoms with Gasteiger partial charge in [0.15, 0.2) is 0 Å². The predicted molar refractivity (Wildman–Crippen MR) is 78.2 cm³/mol. The summed E-state index contributed by atoms with van der Waals surface area (Å²) in [5.41, 5.74) is 0.878. The van der Waals surface area contributed by atoms with E-state index in [0.29, 0.717) is 4.75 Å². The van der Waals surface area contributed by atoms with Crippen LogP contribution in [-0.4, -0.2) is 33.7 Å². The molecule has 2 rings (SSSR count). The fraction of sp³-hybridized carbons (Fsp3) is 0.643. The molecule has 18 heavy (non-hydrogen) atoms.